The predicted octanol–water partition coefficient (Wildman–Crippen LogP) is 5.09. The fourth-order valence-electron chi connectivity index (χ4n) is 4.36. The van der Waals surface area contributed by atoms with Gasteiger partial charge in [-0.2, -0.15) is 0 Å². The van der Waals surface area contributed by atoms with Crippen LogP contribution in [0.4, 0.5) is 5.69 Å². The molecule has 0 aromatic heterocycles. The Morgan fingerprint density at radius 3 is 2.27 bits per heavy atom. The summed E-state index contributed by atoms with van der Waals surface area (Å²) in [5.74, 6) is 1.07. The van der Waals surface area contributed by atoms with Crippen LogP contribution in [0.2, 0.25) is 0 Å². The van der Waals surface area contributed by atoms with Crippen LogP contribution >= 0.6 is 0 Å². The lowest BCUT2D eigenvalue weighted by atomic mass is 9.77. The Labute approximate surface area is 175 Å². The summed E-state index contributed by atoms with van der Waals surface area (Å²) in [7, 11) is 0. The first-order valence-corrected chi connectivity index (χ1v) is 10.3. The molecular weight excluding hydrogens is 378 g/mol. The number of carbonyl (C=O) groups is 1. The smallest absolute Gasteiger partial charge is 0.342 e. The lowest BCUT2D eigenvalue weighted by molar-refractivity contribution is 0.0225. The zero-order valence-electron chi connectivity index (χ0n) is 16.8. The van der Waals surface area contributed by atoms with Crippen LogP contribution in [0.5, 0.6) is 11.5 Å². The van der Waals surface area contributed by atoms with E-state index in [4.69, 9.17) is 14.2 Å². The molecule has 0 amide bonds. The average molecular weight is 401 g/mol. The van der Waals surface area contributed by atoms with Crippen LogP contribution in [0.25, 0.3) is 0 Å². The summed E-state index contributed by atoms with van der Waals surface area (Å²) in [6.07, 6.45) is 0.858. The van der Waals surface area contributed by atoms with Crippen LogP contribution in [-0.2, 0) is 15.1 Å². The van der Waals surface area contributed by atoms with Gasteiger partial charge in [0, 0.05) is 42.1 Å². The fourth-order valence-corrected chi connectivity index (χ4v) is 4.36. The molecule has 2 aliphatic rings. The van der Waals surface area contributed by atoms with Gasteiger partial charge in [-0.15, -0.1) is 0 Å². The van der Waals surface area contributed by atoms with E-state index < -0.39 is 5.60 Å². The van der Waals surface area contributed by atoms with E-state index in [1.165, 1.54) is 0 Å². The number of anilines is 1. The van der Waals surface area contributed by atoms with Gasteiger partial charge >= 0.3 is 5.97 Å². The number of hydrogen-bond acceptors (Lipinski definition) is 5. The van der Waals surface area contributed by atoms with Crippen molar-refractivity contribution in [2.75, 3.05) is 25.1 Å². The number of hydrogen-bond donors (Lipinski definition) is 1. The first kappa shape index (κ1) is 18.7. The minimum absolute atomic E-state index is 0.329. The molecule has 5 heteroatoms. The van der Waals surface area contributed by atoms with Gasteiger partial charge in [0.25, 0.3) is 0 Å². The summed E-state index contributed by atoms with van der Waals surface area (Å²) >= 11 is 0. The number of rotatable bonds is 6. The van der Waals surface area contributed by atoms with Crippen LogP contribution in [0.15, 0.2) is 66.7 Å². The summed E-state index contributed by atoms with van der Waals surface area (Å²) in [6.45, 7) is 4.09. The molecule has 1 N–H and O–H groups in total. The molecule has 5 rings (SSSR count). The summed E-state index contributed by atoms with van der Waals surface area (Å²) in [5.41, 5.74) is 2.87. The molecule has 152 valence electrons. The van der Waals surface area contributed by atoms with E-state index in [1.54, 1.807) is 0 Å². The molecule has 3 aromatic carbocycles. The van der Waals surface area contributed by atoms with Crippen LogP contribution in [-0.4, -0.2) is 25.7 Å². The lowest BCUT2D eigenvalue weighted by Crippen LogP contribution is -2.32. The van der Waals surface area contributed by atoms with Gasteiger partial charge < -0.3 is 19.5 Å². The van der Waals surface area contributed by atoms with E-state index in [0.717, 1.165) is 28.8 Å². The van der Waals surface area contributed by atoms with Crippen LogP contribution in [0.3, 0.4) is 0 Å². The second kappa shape index (κ2) is 7.50. The molecule has 0 radical (unpaired) electrons. The highest BCUT2D eigenvalue weighted by Gasteiger charge is 2.54. The molecule has 1 spiro atoms. The van der Waals surface area contributed by atoms with Crippen LogP contribution in [0.1, 0.15) is 40.4 Å². The van der Waals surface area contributed by atoms with Gasteiger partial charge in [-0.05, 0) is 31.5 Å². The minimum Gasteiger partial charge on any atom is -0.456 e. The van der Waals surface area contributed by atoms with Crippen molar-refractivity contribution in [3.8, 4) is 11.5 Å². The number of esters is 1. The Balaban J connectivity index is 1.62. The third kappa shape index (κ3) is 2.77. The highest BCUT2D eigenvalue weighted by atomic mass is 16.6. The van der Waals surface area contributed by atoms with Crippen molar-refractivity contribution in [1.82, 2.24) is 0 Å². The van der Waals surface area contributed by atoms with E-state index in [1.807, 2.05) is 73.7 Å². The van der Waals surface area contributed by atoms with E-state index in [9.17, 15) is 4.79 Å². The molecule has 2 heterocycles. The number of fused-ring (bicyclic) bond motifs is 6. The molecule has 0 saturated carbocycles. The lowest BCUT2D eigenvalue weighted by Gasteiger charge is -2.36. The van der Waals surface area contributed by atoms with Crippen molar-refractivity contribution < 1.29 is 19.0 Å². The molecule has 0 unspecified atom stereocenters. The SMILES string of the molecule is CCOCCCNc1cccc2c1C(=O)OC21c2ccccc2Oc2ccccc21. The molecule has 2 aliphatic heterocycles. The first-order chi connectivity index (χ1) is 14.8. The summed E-state index contributed by atoms with van der Waals surface area (Å²) in [6, 6.07) is 21.4. The topological polar surface area (TPSA) is 56.8 Å². The largest absolute Gasteiger partial charge is 0.456 e. The predicted molar refractivity (Wildman–Crippen MR) is 114 cm³/mol. The molecule has 0 fully saturated rings. The summed E-state index contributed by atoms with van der Waals surface area (Å²) in [5, 5.41) is 3.39. The van der Waals surface area contributed by atoms with Gasteiger partial charge in [0.15, 0.2) is 5.60 Å². The molecule has 0 saturated heterocycles. The van der Waals surface area contributed by atoms with E-state index in [2.05, 4.69) is 5.32 Å². The van der Waals surface area contributed by atoms with Gasteiger partial charge in [-0.3, -0.25) is 0 Å². The zero-order valence-corrected chi connectivity index (χ0v) is 16.8. The minimum atomic E-state index is -1.01. The van der Waals surface area contributed by atoms with Crippen molar-refractivity contribution in [2.24, 2.45) is 0 Å². The van der Waals surface area contributed by atoms with Gasteiger partial charge in [0.1, 0.15) is 11.5 Å². The Morgan fingerprint density at radius 1 is 0.900 bits per heavy atom. The zero-order chi connectivity index (χ0) is 20.6. The van der Waals surface area contributed by atoms with Gasteiger partial charge in [-0.25, -0.2) is 4.79 Å². The second-order valence-corrected chi connectivity index (χ2v) is 7.37. The monoisotopic (exact) mass is 401 g/mol. The van der Waals surface area contributed by atoms with Crippen molar-refractivity contribution in [2.45, 2.75) is 18.9 Å². The van der Waals surface area contributed by atoms with Crippen molar-refractivity contribution >= 4 is 11.7 Å². The molecular formula is C25H23NO4. The standard InChI is InChI=1S/C25H23NO4/c1-2-28-16-8-15-26-20-12-7-11-19-23(20)24(27)30-25(19)17-9-3-5-13-21(17)29-22-14-6-4-10-18(22)25/h3-7,9-14,26H,2,8,15-16H2,1H3. The maximum atomic E-state index is 13.2. The summed E-state index contributed by atoms with van der Waals surface area (Å²) < 4.78 is 17.7. The normalized spacial score (nSPS) is 15.0. The van der Waals surface area contributed by atoms with Crippen molar-refractivity contribution in [1.29, 1.82) is 0 Å². The molecule has 5 nitrogen and oxygen atoms in total. The quantitative estimate of drug-likeness (QED) is 0.460. The van der Waals surface area contributed by atoms with E-state index in [0.29, 0.717) is 36.8 Å². The van der Waals surface area contributed by atoms with Gasteiger partial charge in [0.2, 0.25) is 0 Å². The number of benzene rings is 3. The summed E-state index contributed by atoms with van der Waals surface area (Å²) in [4.78, 5) is 13.2. The fraction of sp³-hybridized carbons (Fsp3) is 0.240. The highest BCUT2D eigenvalue weighted by Crippen LogP contribution is 2.56. The Kier molecular flexibility index (Phi) is 4.68. The third-order valence-corrected chi connectivity index (χ3v) is 5.63. The molecule has 0 atom stereocenters. The first-order valence-electron chi connectivity index (χ1n) is 10.3. The highest BCUT2D eigenvalue weighted by molar-refractivity contribution is 6.02. The Bertz CT molecular complexity index is 1060. The number of para-hydroxylation sites is 2. The van der Waals surface area contributed by atoms with Crippen molar-refractivity contribution in [3.05, 3.63) is 89.0 Å². The Hall–Kier alpha value is -3.31. The molecule has 3 aromatic rings. The van der Waals surface area contributed by atoms with E-state index in [-0.39, 0.29) is 5.97 Å². The van der Waals surface area contributed by atoms with Crippen LogP contribution < -0.4 is 10.1 Å². The molecule has 30 heavy (non-hydrogen) atoms. The third-order valence-electron chi connectivity index (χ3n) is 5.63. The number of carbonyl (C=O) groups excluding carboxylic acids is 1. The molecule has 0 aliphatic carbocycles. The second-order valence-electron chi connectivity index (χ2n) is 7.37. The maximum absolute atomic E-state index is 13.2. The van der Waals surface area contributed by atoms with Crippen LogP contribution in [0, 0.1) is 0 Å². The number of nitrogens with one attached hydrogen (secondary N) is 1. The van der Waals surface area contributed by atoms with Gasteiger partial charge in [0.05, 0.1) is 5.56 Å². The Morgan fingerprint density at radius 2 is 1.57 bits per heavy atom. The van der Waals surface area contributed by atoms with Crippen molar-refractivity contribution in [3.63, 3.8) is 0 Å². The number of ether oxygens (including phenoxy) is 3. The van der Waals surface area contributed by atoms with Gasteiger partial charge in [-0.1, -0.05) is 48.5 Å². The average Bonchev–Trinajstić information content (AvgIpc) is 3.08. The maximum Gasteiger partial charge on any atom is 0.342 e. The molecule has 0 bridgehead atoms. The van der Waals surface area contributed by atoms with E-state index >= 15 is 0 Å².